The molecule has 2 rings (SSSR count). The molecular formula is C20H25NO7S. The van der Waals surface area contributed by atoms with Crippen molar-refractivity contribution in [1.82, 2.24) is 4.90 Å². The average Bonchev–Trinajstić information content (AvgIpc) is 2.69. The van der Waals surface area contributed by atoms with Gasteiger partial charge in [0.1, 0.15) is 17.2 Å². The predicted molar refractivity (Wildman–Crippen MR) is 108 cm³/mol. The quantitative estimate of drug-likeness (QED) is 0.542. The van der Waals surface area contributed by atoms with Gasteiger partial charge in [-0.3, -0.25) is 4.79 Å². The van der Waals surface area contributed by atoms with Gasteiger partial charge in [-0.05, 0) is 29.8 Å². The molecule has 0 fully saturated rings. The number of ether oxygens (including phenoxy) is 3. The summed E-state index contributed by atoms with van der Waals surface area (Å²) in [6.07, 6.45) is 0.976. The standard InChI is InChI=1S/C20H25NO7S/c1-25-9-8-21(14-15-6-5-7-17(10-15)28-29(4,23)24)20(22)16-11-18(26-2)13-19(12-16)27-3/h5-7,10-13H,8-9,14H2,1-4H3. The van der Waals surface area contributed by atoms with E-state index in [4.69, 9.17) is 18.4 Å². The van der Waals surface area contributed by atoms with Gasteiger partial charge in [0, 0.05) is 31.8 Å². The van der Waals surface area contributed by atoms with Gasteiger partial charge < -0.3 is 23.3 Å². The van der Waals surface area contributed by atoms with Crippen LogP contribution in [0.5, 0.6) is 17.2 Å². The van der Waals surface area contributed by atoms with Crippen LogP contribution in [0.1, 0.15) is 15.9 Å². The van der Waals surface area contributed by atoms with Crippen LogP contribution in [0.2, 0.25) is 0 Å². The van der Waals surface area contributed by atoms with Gasteiger partial charge in [0.15, 0.2) is 0 Å². The van der Waals surface area contributed by atoms with Crippen LogP contribution in [0.25, 0.3) is 0 Å². The number of benzene rings is 2. The van der Waals surface area contributed by atoms with E-state index in [1.54, 1.807) is 54.5 Å². The van der Waals surface area contributed by atoms with Gasteiger partial charge in [-0.15, -0.1) is 0 Å². The van der Waals surface area contributed by atoms with E-state index in [0.717, 1.165) is 6.26 Å². The zero-order valence-electron chi connectivity index (χ0n) is 16.9. The molecule has 0 radical (unpaired) electrons. The molecule has 0 aliphatic heterocycles. The highest BCUT2D eigenvalue weighted by atomic mass is 32.2. The highest BCUT2D eigenvalue weighted by molar-refractivity contribution is 7.86. The Morgan fingerprint density at radius 3 is 2.17 bits per heavy atom. The second-order valence-electron chi connectivity index (χ2n) is 6.26. The molecule has 0 aliphatic carbocycles. The molecular weight excluding hydrogens is 398 g/mol. The second-order valence-corrected chi connectivity index (χ2v) is 7.83. The monoisotopic (exact) mass is 423 g/mol. The largest absolute Gasteiger partial charge is 0.497 e. The molecule has 9 heteroatoms. The van der Waals surface area contributed by atoms with E-state index in [2.05, 4.69) is 0 Å². The first kappa shape index (κ1) is 22.5. The van der Waals surface area contributed by atoms with Crippen molar-refractivity contribution >= 4 is 16.0 Å². The van der Waals surface area contributed by atoms with Crippen LogP contribution in [0, 0.1) is 0 Å². The number of rotatable bonds is 10. The van der Waals surface area contributed by atoms with Crippen LogP contribution >= 0.6 is 0 Å². The Morgan fingerprint density at radius 2 is 1.62 bits per heavy atom. The third-order valence-corrected chi connectivity index (χ3v) is 4.47. The Hall–Kier alpha value is -2.78. The average molecular weight is 423 g/mol. The van der Waals surface area contributed by atoms with Crippen molar-refractivity contribution in [2.75, 3.05) is 40.7 Å². The summed E-state index contributed by atoms with van der Waals surface area (Å²) in [5, 5.41) is 0. The first-order chi connectivity index (χ1) is 13.8. The molecule has 0 aromatic heterocycles. The van der Waals surface area contributed by atoms with Gasteiger partial charge in [-0.1, -0.05) is 12.1 Å². The lowest BCUT2D eigenvalue weighted by Gasteiger charge is -2.23. The number of hydrogen-bond donors (Lipinski definition) is 0. The molecule has 0 spiro atoms. The van der Waals surface area contributed by atoms with Crippen molar-refractivity contribution < 1.29 is 31.6 Å². The topological polar surface area (TPSA) is 91.4 Å². The molecule has 0 atom stereocenters. The van der Waals surface area contributed by atoms with E-state index < -0.39 is 10.1 Å². The minimum atomic E-state index is -3.64. The van der Waals surface area contributed by atoms with Crippen LogP contribution in [-0.4, -0.2) is 60.0 Å². The molecule has 0 saturated carbocycles. The molecule has 0 N–H and O–H groups in total. The van der Waals surface area contributed by atoms with Gasteiger partial charge in [-0.2, -0.15) is 8.42 Å². The Morgan fingerprint density at radius 1 is 0.966 bits per heavy atom. The number of nitrogens with zero attached hydrogens (tertiary/aromatic N) is 1. The first-order valence-corrected chi connectivity index (χ1v) is 10.6. The van der Waals surface area contributed by atoms with Crippen molar-refractivity contribution in [1.29, 1.82) is 0 Å². The summed E-state index contributed by atoms with van der Waals surface area (Å²) in [4.78, 5) is 14.7. The van der Waals surface area contributed by atoms with Gasteiger partial charge >= 0.3 is 10.1 Å². The highest BCUT2D eigenvalue weighted by Gasteiger charge is 2.18. The van der Waals surface area contributed by atoms with E-state index >= 15 is 0 Å². The van der Waals surface area contributed by atoms with E-state index in [1.165, 1.54) is 14.2 Å². The summed E-state index contributed by atoms with van der Waals surface area (Å²) in [6, 6.07) is 11.5. The fourth-order valence-electron chi connectivity index (χ4n) is 2.66. The van der Waals surface area contributed by atoms with Crippen LogP contribution in [0.3, 0.4) is 0 Å². The highest BCUT2D eigenvalue weighted by Crippen LogP contribution is 2.24. The fourth-order valence-corrected chi connectivity index (χ4v) is 3.11. The summed E-state index contributed by atoms with van der Waals surface area (Å²) in [5.74, 6) is 0.951. The molecule has 2 aromatic carbocycles. The molecule has 29 heavy (non-hydrogen) atoms. The molecule has 0 bridgehead atoms. The Kier molecular flexibility index (Phi) is 7.86. The van der Waals surface area contributed by atoms with Gasteiger partial charge in [0.05, 0.1) is 27.1 Å². The molecule has 2 aromatic rings. The lowest BCUT2D eigenvalue weighted by Crippen LogP contribution is -2.33. The molecule has 0 aliphatic rings. The Labute approximate surface area is 171 Å². The molecule has 0 saturated heterocycles. The summed E-state index contributed by atoms with van der Waals surface area (Å²) >= 11 is 0. The normalized spacial score (nSPS) is 11.0. The van der Waals surface area contributed by atoms with E-state index in [0.29, 0.717) is 35.8 Å². The van der Waals surface area contributed by atoms with Crippen molar-refractivity contribution in [2.24, 2.45) is 0 Å². The van der Waals surface area contributed by atoms with Crippen molar-refractivity contribution in [3.8, 4) is 17.2 Å². The van der Waals surface area contributed by atoms with Crippen LogP contribution in [0.4, 0.5) is 0 Å². The van der Waals surface area contributed by atoms with Crippen molar-refractivity contribution in [2.45, 2.75) is 6.54 Å². The number of methoxy groups -OCH3 is 3. The molecule has 0 heterocycles. The fraction of sp³-hybridized carbons (Fsp3) is 0.350. The zero-order chi connectivity index (χ0) is 21.4. The minimum Gasteiger partial charge on any atom is -0.497 e. The predicted octanol–water partition coefficient (Wildman–Crippen LogP) is 2.33. The van der Waals surface area contributed by atoms with Gasteiger partial charge in [-0.25, -0.2) is 0 Å². The summed E-state index contributed by atoms with van der Waals surface area (Å²) < 4.78 is 43.3. The summed E-state index contributed by atoms with van der Waals surface area (Å²) in [6.45, 7) is 0.918. The van der Waals surface area contributed by atoms with Gasteiger partial charge in [0.2, 0.25) is 0 Å². The maximum Gasteiger partial charge on any atom is 0.306 e. The van der Waals surface area contributed by atoms with Crippen LogP contribution in [0.15, 0.2) is 42.5 Å². The third kappa shape index (κ3) is 6.95. The van der Waals surface area contributed by atoms with Crippen LogP contribution < -0.4 is 13.7 Å². The Balaban J connectivity index is 2.30. The maximum absolute atomic E-state index is 13.1. The van der Waals surface area contributed by atoms with Gasteiger partial charge in [0.25, 0.3) is 5.91 Å². The SMILES string of the molecule is COCCN(Cc1cccc(OS(C)(=O)=O)c1)C(=O)c1cc(OC)cc(OC)c1. The molecule has 1 amide bonds. The summed E-state index contributed by atoms with van der Waals surface area (Å²) in [7, 11) is 0.940. The summed E-state index contributed by atoms with van der Waals surface area (Å²) in [5.41, 5.74) is 1.12. The Bertz CT molecular complexity index is 921. The van der Waals surface area contributed by atoms with E-state index in [-0.39, 0.29) is 18.2 Å². The maximum atomic E-state index is 13.1. The van der Waals surface area contributed by atoms with E-state index in [9.17, 15) is 13.2 Å². The van der Waals surface area contributed by atoms with Crippen LogP contribution in [-0.2, 0) is 21.4 Å². The number of amides is 1. The lowest BCUT2D eigenvalue weighted by atomic mass is 10.1. The van der Waals surface area contributed by atoms with Crippen molar-refractivity contribution in [3.05, 3.63) is 53.6 Å². The second kappa shape index (κ2) is 10.1. The number of carbonyl (C=O) groups excluding carboxylic acids is 1. The van der Waals surface area contributed by atoms with E-state index in [1.807, 2.05) is 0 Å². The molecule has 158 valence electrons. The minimum absolute atomic E-state index is 0.187. The first-order valence-electron chi connectivity index (χ1n) is 8.75. The van der Waals surface area contributed by atoms with Crippen molar-refractivity contribution in [3.63, 3.8) is 0 Å². The molecule has 0 unspecified atom stereocenters. The zero-order valence-corrected chi connectivity index (χ0v) is 17.7. The number of carbonyl (C=O) groups is 1. The number of hydrogen-bond acceptors (Lipinski definition) is 7. The third-order valence-electron chi connectivity index (χ3n) is 3.97. The smallest absolute Gasteiger partial charge is 0.306 e. The molecule has 8 nitrogen and oxygen atoms in total. The lowest BCUT2D eigenvalue weighted by molar-refractivity contribution is 0.0679.